The number of tetrazole rings is 1. The predicted octanol–water partition coefficient (Wildman–Crippen LogP) is 8.74. The van der Waals surface area contributed by atoms with E-state index >= 15 is 0 Å². The third kappa shape index (κ3) is 8.15. The zero-order valence-corrected chi connectivity index (χ0v) is 28.9. The molecule has 0 bridgehead atoms. The van der Waals surface area contributed by atoms with Crippen molar-refractivity contribution in [3.8, 4) is 0 Å². The molecule has 16 heteroatoms. The number of aromatic nitrogens is 4. The van der Waals surface area contributed by atoms with Crippen LogP contribution >= 0.6 is 0 Å². The van der Waals surface area contributed by atoms with Crippen LogP contribution in [0.1, 0.15) is 91.4 Å². The van der Waals surface area contributed by atoms with Crippen LogP contribution in [0.3, 0.4) is 0 Å². The van der Waals surface area contributed by atoms with E-state index in [0.29, 0.717) is 49.3 Å². The van der Waals surface area contributed by atoms with E-state index in [-0.39, 0.29) is 40.2 Å². The average molecular weight is 720 g/mol. The maximum Gasteiger partial charge on any atom is 0.416 e. The number of benzene rings is 2. The van der Waals surface area contributed by atoms with E-state index in [1.807, 2.05) is 4.90 Å². The number of fused-ring (bicyclic) bond motifs is 1. The molecule has 1 atom stereocenters. The molecule has 1 saturated heterocycles. The van der Waals surface area contributed by atoms with Crippen molar-refractivity contribution in [2.24, 2.45) is 13.0 Å². The number of likely N-dealkylation sites (tertiary alicyclic amines) is 1. The summed E-state index contributed by atoms with van der Waals surface area (Å²) in [5.41, 5.74) is -3.19. The molecule has 3 aromatic rings. The fourth-order valence-corrected chi connectivity index (χ4v) is 7.48. The molecule has 276 valence electrons. The zero-order valence-electron chi connectivity index (χ0n) is 28.9. The van der Waals surface area contributed by atoms with Crippen LogP contribution in [-0.4, -0.2) is 56.8 Å². The standard InChI is InChI=1S/C34H42F9N7/c1-20-14-26-27(50(30-44-46-47(6)45-30)19-23-15-24(32(35,36)37)17-25(16-23)33(38,39)40)8-7-11-48(29(26)21(2)28(20)34(41,42)43)18-22-9-12-49(13-10-22)31(3,4)5/h14-17,22,27H,7-13,18-19H2,1-6H3/t27-/m0/s1. The van der Waals surface area contributed by atoms with Gasteiger partial charge in [-0.25, -0.2) is 0 Å². The summed E-state index contributed by atoms with van der Waals surface area (Å²) in [5.74, 6) is 0.129. The van der Waals surface area contributed by atoms with Gasteiger partial charge in [-0.05, 0) is 125 Å². The number of nitrogens with zero attached hydrogens (tertiary/aromatic N) is 7. The number of alkyl halides is 9. The first-order valence-corrected chi connectivity index (χ1v) is 16.5. The largest absolute Gasteiger partial charge is 0.416 e. The maximum atomic E-state index is 14.6. The smallest absolute Gasteiger partial charge is 0.371 e. The maximum absolute atomic E-state index is 14.6. The van der Waals surface area contributed by atoms with Gasteiger partial charge in [-0.15, -0.1) is 5.10 Å². The Hall–Kier alpha value is -3.56. The van der Waals surface area contributed by atoms with Crippen LogP contribution < -0.4 is 9.80 Å². The van der Waals surface area contributed by atoms with Gasteiger partial charge in [0.1, 0.15) is 0 Å². The number of aryl methyl sites for hydroxylation is 2. The normalized spacial score (nSPS) is 18.7. The molecule has 5 rings (SSSR count). The molecule has 3 heterocycles. The number of halogens is 9. The Morgan fingerprint density at radius 1 is 0.800 bits per heavy atom. The van der Waals surface area contributed by atoms with E-state index in [2.05, 4.69) is 41.1 Å². The van der Waals surface area contributed by atoms with Crippen LogP contribution in [0.25, 0.3) is 0 Å². The lowest BCUT2D eigenvalue weighted by molar-refractivity contribution is -0.143. The Kier molecular flexibility index (Phi) is 10.2. The Labute approximate surface area is 285 Å². The van der Waals surface area contributed by atoms with Crippen molar-refractivity contribution in [3.05, 3.63) is 63.2 Å². The van der Waals surface area contributed by atoms with Crippen molar-refractivity contribution in [1.82, 2.24) is 25.1 Å². The SMILES string of the molecule is Cc1cc2c(c(C)c1C(F)(F)F)N(CC1CCN(C(C)(C)C)CC1)CCC[C@@H]2N(Cc1cc(C(F)(F)F)cc(C(F)(F)F)c1)c1nnn(C)n1. The van der Waals surface area contributed by atoms with Gasteiger partial charge < -0.3 is 9.80 Å². The highest BCUT2D eigenvalue weighted by Crippen LogP contribution is 2.47. The first-order chi connectivity index (χ1) is 23.0. The second-order valence-electron chi connectivity index (χ2n) is 14.5. The Bertz CT molecular complexity index is 1630. The first-order valence-electron chi connectivity index (χ1n) is 16.5. The molecule has 0 spiro atoms. The van der Waals surface area contributed by atoms with E-state index in [1.54, 1.807) is 0 Å². The van der Waals surface area contributed by atoms with Crippen LogP contribution in [0.2, 0.25) is 0 Å². The summed E-state index contributed by atoms with van der Waals surface area (Å²) >= 11 is 0. The molecule has 50 heavy (non-hydrogen) atoms. The van der Waals surface area contributed by atoms with Gasteiger partial charge in [0, 0.05) is 30.9 Å². The summed E-state index contributed by atoms with van der Waals surface area (Å²) in [4.78, 5) is 6.94. The number of hydrogen-bond donors (Lipinski definition) is 0. The van der Waals surface area contributed by atoms with Crippen molar-refractivity contribution in [2.45, 2.75) is 97.0 Å². The molecular formula is C34H42F9N7. The molecular weight excluding hydrogens is 677 g/mol. The molecule has 0 saturated carbocycles. The summed E-state index contributed by atoms with van der Waals surface area (Å²) < 4.78 is 127. The summed E-state index contributed by atoms with van der Waals surface area (Å²) in [7, 11) is 1.46. The Balaban J connectivity index is 1.62. The van der Waals surface area contributed by atoms with Crippen molar-refractivity contribution in [2.75, 3.05) is 36.0 Å². The van der Waals surface area contributed by atoms with Crippen molar-refractivity contribution in [3.63, 3.8) is 0 Å². The number of hydrogen-bond acceptors (Lipinski definition) is 6. The molecule has 7 nitrogen and oxygen atoms in total. The fourth-order valence-electron chi connectivity index (χ4n) is 7.48. The Morgan fingerprint density at radius 2 is 1.40 bits per heavy atom. The third-order valence-corrected chi connectivity index (χ3v) is 9.81. The molecule has 2 aromatic carbocycles. The monoisotopic (exact) mass is 719 g/mol. The fraction of sp³-hybridized carbons (Fsp3) is 0.618. The van der Waals surface area contributed by atoms with Gasteiger partial charge in [-0.1, -0.05) is 11.2 Å². The van der Waals surface area contributed by atoms with Gasteiger partial charge in [0.2, 0.25) is 0 Å². The molecule has 0 amide bonds. The van der Waals surface area contributed by atoms with E-state index < -0.39 is 47.8 Å². The number of rotatable bonds is 6. The minimum atomic E-state index is -5.06. The van der Waals surface area contributed by atoms with Gasteiger partial charge >= 0.3 is 18.5 Å². The van der Waals surface area contributed by atoms with Crippen molar-refractivity contribution < 1.29 is 39.5 Å². The Morgan fingerprint density at radius 3 is 1.90 bits per heavy atom. The van der Waals surface area contributed by atoms with Gasteiger partial charge in [0.15, 0.2) is 0 Å². The summed E-state index contributed by atoms with van der Waals surface area (Å²) in [5, 5.41) is 12.2. The highest BCUT2D eigenvalue weighted by molar-refractivity contribution is 5.67. The number of piperidine rings is 1. The molecule has 1 aromatic heterocycles. The summed E-state index contributed by atoms with van der Waals surface area (Å²) in [6, 6.07) is 2.01. The molecule has 0 unspecified atom stereocenters. The van der Waals surface area contributed by atoms with E-state index in [1.165, 1.54) is 31.9 Å². The number of anilines is 2. The van der Waals surface area contributed by atoms with Crippen LogP contribution in [-0.2, 0) is 32.1 Å². The second-order valence-corrected chi connectivity index (χ2v) is 14.5. The van der Waals surface area contributed by atoms with Gasteiger partial charge in [-0.2, -0.15) is 44.3 Å². The second kappa shape index (κ2) is 13.5. The molecule has 0 radical (unpaired) electrons. The van der Waals surface area contributed by atoms with Crippen LogP contribution in [0.15, 0.2) is 24.3 Å². The van der Waals surface area contributed by atoms with E-state index in [0.717, 1.165) is 30.7 Å². The first kappa shape index (κ1) is 37.7. The molecule has 2 aliphatic heterocycles. The van der Waals surface area contributed by atoms with Gasteiger partial charge in [-0.3, -0.25) is 4.90 Å². The lowest BCUT2D eigenvalue weighted by atomic mass is 9.89. The van der Waals surface area contributed by atoms with Crippen molar-refractivity contribution in [1.29, 1.82) is 0 Å². The van der Waals surface area contributed by atoms with Crippen LogP contribution in [0.5, 0.6) is 0 Å². The van der Waals surface area contributed by atoms with Gasteiger partial charge in [0.05, 0.1) is 29.8 Å². The predicted molar refractivity (Wildman–Crippen MR) is 171 cm³/mol. The topological polar surface area (TPSA) is 53.3 Å². The van der Waals surface area contributed by atoms with Gasteiger partial charge in [0.25, 0.3) is 5.95 Å². The summed E-state index contributed by atoms with van der Waals surface area (Å²) in [6.07, 6.45) is -12.3. The third-order valence-electron chi connectivity index (χ3n) is 9.81. The van der Waals surface area contributed by atoms with E-state index in [4.69, 9.17) is 0 Å². The molecule has 0 aliphatic carbocycles. The summed E-state index contributed by atoms with van der Waals surface area (Å²) in [6.45, 7) is 11.3. The average Bonchev–Trinajstić information content (AvgIpc) is 3.33. The lowest BCUT2D eigenvalue weighted by Crippen LogP contribution is -2.47. The van der Waals surface area contributed by atoms with Crippen LogP contribution in [0.4, 0.5) is 51.1 Å². The minimum Gasteiger partial charge on any atom is -0.371 e. The highest BCUT2D eigenvalue weighted by Gasteiger charge is 2.41. The van der Waals surface area contributed by atoms with Crippen molar-refractivity contribution >= 4 is 11.6 Å². The minimum absolute atomic E-state index is 0.0125. The van der Waals surface area contributed by atoms with Crippen LogP contribution in [0, 0.1) is 19.8 Å². The molecule has 1 fully saturated rings. The lowest BCUT2D eigenvalue weighted by Gasteiger charge is -2.42. The highest BCUT2D eigenvalue weighted by atomic mass is 19.4. The zero-order chi connectivity index (χ0) is 37.0. The molecule has 0 N–H and O–H groups in total. The quantitative estimate of drug-likeness (QED) is 0.238. The molecule has 2 aliphatic rings. The van der Waals surface area contributed by atoms with E-state index in [9.17, 15) is 39.5 Å².